The number of ketones is 1. The quantitative estimate of drug-likeness (QED) is 0.720. The Labute approximate surface area is 84.0 Å². The van der Waals surface area contributed by atoms with Crippen molar-refractivity contribution in [1.82, 2.24) is 0 Å². The van der Waals surface area contributed by atoms with Gasteiger partial charge in [-0.2, -0.15) is 0 Å². The van der Waals surface area contributed by atoms with Crippen LogP contribution >= 0.6 is 0 Å². The molecule has 0 aromatic heterocycles. The minimum atomic E-state index is 0.117. The molecule has 2 nitrogen and oxygen atoms in total. The van der Waals surface area contributed by atoms with Crippen molar-refractivity contribution in [3.05, 3.63) is 11.6 Å². The maximum absolute atomic E-state index is 12.0. The van der Waals surface area contributed by atoms with E-state index in [-0.39, 0.29) is 6.61 Å². The Balaban J connectivity index is 1.87. The molecule has 76 valence electrons. The van der Waals surface area contributed by atoms with E-state index < -0.39 is 0 Å². The first-order valence-corrected chi connectivity index (χ1v) is 5.67. The van der Waals surface area contributed by atoms with Crippen LogP contribution in [0.15, 0.2) is 11.6 Å². The maximum Gasteiger partial charge on any atom is 0.162 e. The number of aliphatic hydroxyl groups is 1. The monoisotopic (exact) mass is 192 g/mol. The average molecular weight is 192 g/mol. The molecule has 3 rings (SSSR count). The van der Waals surface area contributed by atoms with Crippen molar-refractivity contribution in [2.45, 2.75) is 25.7 Å². The van der Waals surface area contributed by atoms with Crippen molar-refractivity contribution in [2.24, 2.45) is 23.7 Å². The van der Waals surface area contributed by atoms with Crippen LogP contribution in [0.25, 0.3) is 0 Å². The van der Waals surface area contributed by atoms with Gasteiger partial charge in [0.05, 0.1) is 0 Å². The average Bonchev–Trinajstić information content (AvgIpc) is 2.81. The highest BCUT2D eigenvalue weighted by molar-refractivity contribution is 6.00. The molecule has 2 bridgehead atoms. The summed E-state index contributed by atoms with van der Waals surface area (Å²) < 4.78 is 0. The van der Waals surface area contributed by atoms with E-state index in [1.54, 1.807) is 0 Å². The molecule has 14 heavy (non-hydrogen) atoms. The van der Waals surface area contributed by atoms with E-state index in [0.717, 1.165) is 11.5 Å². The highest BCUT2D eigenvalue weighted by Gasteiger charge is 2.52. The summed E-state index contributed by atoms with van der Waals surface area (Å²) in [6.07, 6.45) is 6.61. The Bertz CT molecular complexity index is 305. The van der Waals surface area contributed by atoms with Gasteiger partial charge >= 0.3 is 0 Å². The fourth-order valence-corrected chi connectivity index (χ4v) is 3.82. The third-order valence-electron chi connectivity index (χ3n) is 4.37. The Hall–Kier alpha value is -0.630. The van der Waals surface area contributed by atoms with Crippen LogP contribution in [-0.4, -0.2) is 17.5 Å². The van der Waals surface area contributed by atoms with Gasteiger partial charge in [0.15, 0.2) is 5.78 Å². The highest BCUT2D eigenvalue weighted by atomic mass is 16.3. The molecule has 0 aromatic carbocycles. The molecule has 0 heterocycles. The predicted molar refractivity (Wildman–Crippen MR) is 52.6 cm³/mol. The maximum atomic E-state index is 12.0. The van der Waals surface area contributed by atoms with E-state index in [4.69, 9.17) is 5.11 Å². The van der Waals surface area contributed by atoms with Crippen molar-refractivity contribution < 1.29 is 9.90 Å². The van der Waals surface area contributed by atoms with Crippen molar-refractivity contribution >= 4 is 5.78 Å². The predicted octanol–water partition coefficient (Wildman–Crippen LogP) is 1.54. The Morgan fingerprint density at radius 2 is 2.14 bits per heavy atom. The van der Waals surface area contributed by atoms with E-state index in [1.165, 1.54) is 19.3 Å². The minimum absolute atomic E-state index is 0.117. The third-order valence-corrected chi connectivity index (χ3v) is 4.37. The van der Waals surface area contributed by atoms with Crippen LogP contribution in [-0.2, 0) is 4.79 Å². The summed E-state index contributed by atoms with van der Waals surface area (Å²) in [7, 11) is 0. The Morgan fingerprint density at radius 1 is 1.36 bits per heavy atom. The van der Waals surface area contributed by atoms with Crippen LogP contribution in [0.3, 0.4) is 0 Å². The lowest BCUT2D eigenvalue weighted by atomic mass is 9.81. The van der Waals surface area contributed by atoms with Gasteiger partial charge in [0, 0.05) is 12.5 Å². The molecule has 4 unspecified atom stereocenters. The van der Waals surface area contributed by atoms with Gasteiger partial charge in [-0.25, -0.2) is 0 Å². The zero-order chi connectivity index (χ0) is 9.71. The number of allylic oxidation sites excluding steroid dienone is 1. The topological polar surface area (TPSA) is 37.3 Å². The first-order chi connectivity index (χ1) is 6.81. The molecular weight excluding hydrogens is 176 g/mol. The molecule has 0 radical (unpaired) electrons. The summed E-state index contributed by atoms with van der Waals surface area (Å²) in [6, 6.07) is 0. The second-order valence-corrected chi connectivity index (χ2v) is 4.97. The van der Waals surface area contributed by atoms with Crippen molar-refractivity contribution in [2.75, 3.05) is 6.61 Å². The Morgan fingerprint density at radius 3 is 2.86 bits per heavy atom. The number of fused-ring (bicyclic) bond motifs is 5. The fraction of sp³-hybridized carbons (Fsp3) is 0.750. The largest absolute Gasteiger partial charge is 0.396 e. The molecule has 4 atom stereocenters. The molecule has 1 N–H and O–H groups in total. The molecule has 3 aliphatic rings. The molecule has 2 heteroatoms. The van der Waals surface area contributed by atoms with E-state index in [0.29, 0.717) is 30.0 Å². The number of carbonyl (C=O) groups is 1. The van der Waals surface area contributed by atoms with Crippen LogP contribution in [0.1, 0.15) is 25.7 Å². The van der Waals surface area contributed by atoms with Crippen LogP contribution in [0, 0.1) is 23.7 Å². The van der Waals surface area contributed by atoms with Gasteiger partial charge in [-0.3, -0.25) is 4.79 Å². The van der Waals surface area contributed by atoms with Crippen LogP contribution < -0.4 is 0 Å². The van der Waals surface area contributed by atoms with Crippen LogP contribution in [0.5, 0.6) is 0 Å². The van der Waals surface area contributed by atoms with Gasteiger partial charge in [-0.05, 0) is 49.0 Å². The normalized spacial score (nSPS) is 44.4. The molecule has 0 saturated heterocycles. The van der Waals surface area contributed by atoms with E-state index >= 15 is 0 Å². The summed E-state index contributed by atoms with van der Waals surface area (Å²) in [5, 5.41) is 8.86. The number of hydrogen-bond donors (Lipinski definition) is 1. The standard InChI is InChI=1S/C12H16O2/c13-4-3-9-6-10-7-1-2-8(5-7)11(10)12(9)14/h6-8,10-11,13H,1-5H2. The SMILES string of the molecule is O=C1C(CCO)=CC2C3CCC(C3)C12. The van der Waals surface area contributed by atoms with Gasteiger partial charge in [-0.1, -0.05) is 6.08 Å². The first-order valence-electron chi connectivity index (χ1n) is 5.67. The molecule has 0 amide bonds. The fourth-order valence-electron chi connectivity index (χ4n) is 3.82. The van der Waals surface area contributed by atoms with E-state index in [9.17, 15) is 4.79 Å². The van der Waals surface area contributed by atoms with Gasteiger partial charge in [0.25, 0.3) is 0 Å². The van der Waals surface area contributed by atoms with Crippen LogP contribution in [0.4, 0.5) is 0 Å². The number of Topliss-reactive ketones (excluding diaryl/α,β-unsaturated/α-hetero) is 1. The van der Waals surface area contributed by atoms with E-state index in [2.05, 4.69) is 6.08 Å². The summed E-state index contributed by atoms with van der Waals surface area (Å²) >= 11 is 0. The number of aliphatic hydroxyl groups excluding tert-OH is 1. The van der Waals surface area contributed by atoms with Crippen LogP contribution in [0.2, 0.25) is 0 Å². The van der Waals surface area contributed by atoms with Gasteiger partial charge in [-0.15, -0.1) is 0 Å². The van der Waals surface area contributed by atoms with Gasteiger partial charge in [0.2, 0.25) is 0 Å². The molecule has 0 aliphatic heterocycles. The van der Waals surface area contributed by atoms with Crippen molar-refractivity contribution in [1.29, 1.82) is 0 Å². The summed E-state index contributed by atoms with van der Waals surface area (Å²) in [5.41, 5.74) is 0.916. The minimum Gasteiger partial charge on any atom is -0.396 e. The molecular formula is C12H16O2. The summed E-state index contributed by atoms with van der Waals surface area (Å²) in [4.78, 5) is 12.0. The van der Waals surface area contributed by atoms with Gasteiger partial charge < -0.3 is 5.11 Å². The molecule has 0 aromatic rings. The van der Waals surface area contributed by atoms with Crippen molar-refractivity contribution in [3.63, 3.8) is 0 Å². The van der Waals surface area contributed by atoms with Crippen molar-refractivity contribution in [3.8, 4) is 0 Å². The summed E-state index contributed by atoms with van der Waals surface area (Å²) in [5.74, 6) is 2.67. The van der Waals surface area contributed by atoms with Gasteiger partial charge in [0.1, 0.15) is 0 Å². The summed E-state index contributed by atoms with van der Waals surface area (Å²) in [6.45, 7) is 0.117. The second kappa shape index (κ2) is 2.93. The lowest BCUT2D eigenvalue weighted by Gasteiger charge is -2.22. The smallest absolute Gasteiger partial charge is 0.162 e. The van der Waals surface area contributed by atoms with E-state index in [1.807, 2.05) is 0 Å². The zero-order valence-corrected chi connectivity index (χ0v) is 8.28. The number of carbonyl (C=O) groups excluding carboxylic acids is 1. The highest BCUT2D eigenvalue weighted by Crippen LogP contribution is 2.56. The zero-order valence-electron chi connectivity index (χ0n) is 8.28. The lowest BCUT2D eigenvalue weighted by molar-refractivity contribution is -0.120. The third kappa shape index (κ3) is 0.977. The molecule has 0 spiro atoms. The number of hydrogen-bond acceptors (Lipinski definition) is 2. The number of rotatable bonds is 2. The molecule has 2 fully saturated rings. The Kier molecular flexibility index (Phi) is 1.81. The second-order valence-electron chi connectivity index (χ2n) is 4.97. The molecule has 3 aliphatic carbocycles. The molecule has 2 saturated carbocycles. The lowest BCUT2D eigenvalue weighted by Crippen LogP contribution is -2.23. The first kappa shape index (κ1) is 8.66.